The number of hydrogen-bond donors (Lipinski definition) is 0. The molecule has 0 atom stereocenters. The summed E-state index contributed by atoms with van der Waals surface area (Å²) in [5, 5.41) is 10.1. The summed E-state index contributed by atoms with van der Waals surface area (Å²) in [4.78, 5) is 26.7. The maximum Gasteiger partial charge on any atom is 2.00 e. The Balaban J connectivity index is -0.0000000443. The molecular formula is C18H31I4N6O4V2-. The molecule has 0 aliphatic rings. The molecule has 0 aromatic carbocycles. The van der Waals surface area contributed by atoms with Crippen LogP contribution >= 0.6 is 90.4 Å². The smallest absolute Gasteiger partial charge is 0.466 e. The van der Waals surface area contributed by atoms with Gasteiger partial charge in [0.05, 0.1) is 19.4 Å². The van der Waals surface area contributed by atoms with Crippen molar-refractivity contribution in [3.63, 3.8) is 0 Å². The van der Waals surface area contributed by atoms with Crippen molar-refractivity contribution in [1.82, 2.24) is 15.0 Å². The molecule has 1 rings (SSSR count). The number of esters is 2. The molecule has 10 nitrogen and oxygen atoms in total. The third-order valence-electron chi connectivity index (χ3n) is 1.64. The molecule has 16 heteroatoms. The van der Waals surface area contributed by atoms with Crippen molar-refractivity contribution in [3.05, 3.63) is 41.6 Å². The number of aromatic nitrogens is 3. The van der Waals surface area contributed by atoms with E-state index in [-0.39, 0.29) is 56.2 Å². The van der Waals surface area contributed by atoms with Gasteiger partial charge in [-0.3, -0.25) is 14.5 Å². The second kappa shape index (κ2) is 59.3. The number of nitrogens with zero attached hydrogens (tertiary/aromatic N) is 6. The van der Waals surface area contributed by atoms with Gasteiger partial charge < -0.3 is 45.9 Å². The summed E-state index contributed by atoms with van der Waals surface area (Å²) in [5.41, 5.74) is 7.73. The van der Waals surface area contributed by atoms with Crippen molar-refractivity contribution in [2.75, 3.05) is 19.8 Å². The van der Waals surface area contributed by atoms with Crippen molar-refractivity contribution in [3.8, 4) is 12.8 Å². The fourth-order valence-corrected chi connectivity index (χ4v) is 0.952. The summed E-state index contributed by atoms with van der Waals surface area (Å²) in [5.74, 6) is -0.784. The van der Waals surface area contributed by atoms with Gasteiger partial charge in [0.1, 0.15) is 13.0 Å². The monoisotopic (exact) mass is 1000 g/mol. The molecule has 1 aromatic heterocycles. The third kappa shape index (κ3) is 69.8. The first kappa shape index (κ1) is 55.5. The molecule has 0 unspecified atom stereocenters. The van der Waals surface area contributed by atoms with Gasteiger partial charge in [-0.15, -0.1) is 17.9 Å². The first-order valence-corrected chi connectivity index (χ1v) is 13.7. The Morgan fingerprint density at radius 2 is 1.47 bits per heavy atom. The SMILES string of the molecule is C#C.CCOC(=O)CN=[N+]=[N-].CCOC(=O)Cn1ccnn1.IC(I)I.[CH2-]C.[CH2-]C.[CH2-]I.[V+2].[V]. The Hall–Kier alpha value is 1.04. The van der Waals surface area contributed by atoms with Crippen LogP contribution in [-0.4, -0.2) is 46.6 Å². The van der Waals surface area contributed by atoms with Crippen molar-refractivity contribution in [1.29, 1.82) is 0 Å². The number of carbonyl (C=O) groups is 2. The van der Waals surface area contributed by atoms with Crippen LogP contribution in [0, 0.1) is 31.6 Å². The van der Waals surface area contributed by atoms with Crippen LogP contribution in [0.2, 0.25) is 0 Å². The van der Waals surface area contributed by atoms with E-state index in [4.69, 9.17) is 5.53 Å². The molecule has 0 saturated carbocycles. The summed E-state index contributed by atoms with van der Waals surface area (Å²) >= 11 is 8.85. The second-order valence-electron chi connectivity index (χ2n) is 3.35. The molecule has 0 saturated heterocycles. The van der Waals surface area contributed by atoms with Gasteiger partial charge >= 0.3 is 30.5 Å². The van der Waals surface area contributed by atoms with Crippen LogP contribution in [-0.2, 0) is 62.7 Å². The summed E-state index contributed by atoms with van der Waals surface area (Å²) < 4.78 is 11.3. The van der Waals surface area contributed by atoms with Crippen LogP contribution in [0.1, 0.15) is 27.7 Å². The van der Waals surface area contributed by atoms with Crippen LogP contribution in [0.25, 0.3) is 10.4 Å². The zero-order valence-corrected chi connectivity index (χ0v) is 31.0. The molecular weight excluding hydrogens is 974 g/mol. The quantitative estimate of drug-likeness (QED) is 0.0473. The van der Waals surface area contributed by atoms with E-state index in [9.17, 15) is 9.59 Å². The number of ether oxygens (including phenoxy) is 2. The van der Waals surface area contributed by atoms with E-state index in [0.717, 1.165) is -0.0619 Å². The topological polar surface area (TPSA) is 132 Å². The van der Waals surface area contributed by atoms with Gasteiger partial charge in [0, 0.05) is 29.7 Å². The maximum absolute atomic E-state index is 10.8. The molecule has 0 spiro atoms. The first-order valence-electron chi connectivity index (χ1n) is 8.47. The van der Waals surface area contributed by atoms with Crippen LogP contribution in [0.3, 0.4) is 0 Å². The molecule has 196 valence electrons. The van der Waals surface area contributed by atoms with E-state index in [1.54, 1.807) is 33.9 Å². The fraction of sp³-hybridized carbons (Fsp3) is 0.500. The van der Waals surface area contributed by atoms with Gasteiger partial charge in [0.25, 0.3) is 0 Å². The molecule has 0 bridgehead atoms. The van der Waals surface area contributed by atoms with Gasteiger partial charge in [0.2, 0.25) is 0 Å². The molecule has 1 heterocycles. The molecule has 1 aromatic rings. The minimum Gasteiger partial charge on any atom is -0.466 e. The molecule has 0 aliphatic carbocycles. The number of alkyl halides is 3. The number of terminal acetylenes is 1. The Morgan fingerprint density at radius 3 is 1.76 bits per heavy atom. The minimum atomic E-state index is -0.490. The van der Waals surface area contributed by atoms with Crippen LogP contribution < -0.4 is 0 Å². The average molecular weight is 1000 g/mol. The molecule has 0 N–H and O–H groups in total. The first-order chi connectivity index (χ1) is 15.4. The van der Waals surface area contributed by atoms with Gasteiger partial charge in [-0.25, -0.2) is 4.68 Å². The van der Waals surface area contributed by atoms with E-state index < -0.39 is 5.97 Å². The minimum absolute atomic E-state index is 0. The van der Waals surface area contributed by atoms with E-state index in [1.165, 1.54) is 10.9 Å². The van der Waals surface area contributed by atoms with Gasteiger partial charge in [-0.1, -0.05) is 78.1 Å². The summed E-state index contributed by atoms with van der Waals surface area (Å²) in [6.07, 6.45) is 11.1. The van der Waals surface area contributed by atoms with Crippen LogP contribution in [0.15, 0.2) is 17.5 Å². The van der Waals surface area contributed by atoms with Gasteiger partial charge in [-0.2, -0.15) is 13.8 Å². The summed E-state index contributed by atoms with van der Waals surface area (Å²) in [6.45, 7) is 14.1. The van der Waals surface area contributed by atoms with Crippen LogP contribution in [0.5, 0.6) is 0 Å². The van der Waals surface area contributed by atoms with Crippen molar-refractivity contribution in [2.24, 2.45) is 5.11 Å². The summed E-state index contributed by atoms with van der Waals surface area (Å²) in [7, 11) is 0. The van der Waals surface area contributed by atoms with E-state index in [1.807, 2.05) is 22.6 Å². The third-order valence-corrected chi connectivity index (χ3v) is 1.64. The number of halogens is 4. The normalized spacial score (nSPS) is 6.76. The standard InChI is InChI=1S/C6H9N3O2.C4H7N3O2.2C2H5.C2H2.CHI3.CH2I.2V/c1-2-11-6(10)5-9-4-3-7-8-9;1-2-9-4(8)3-6-7-5;3*1-2;2-1(3)4;1-2;;/h3-4H,2,5H2,1H3;2-3H2,1H3;2*1H2,2H3;1-2H;1H;1H2;;/q;;2*-1;;;-1;;+2. The number of rotatable bonds is 6. The Bertz CT molecular complexity index is 549. The van der Waals surface area contributed by atoms with Crippen LogP contribution in [0.4, 0.5) is 0 Å². The number of azide groups is 1. The van der Waals surface area contributed by atoms with Crippen molar-refractivity contribution < 1.29 is 56.2 Å². The second-order valence-corrected chi connectivity index (χ2v) is 14.2. The molecule has 34 heavy (non-hydrogen) atoms. The zero-order valence-electron chi connectivity index (χ0n) is 19.6. The van der Waals surface area contributed by atoms with E-state index in [2.05, 4.69) is 129 Å². The molecule has 0 fully saturated rings. The van der Waals surface area contributed by atoms with Crippen molar-refractivity contribution in [2.45, 2.75) is 34.2 Å². The number of carbonyl (C=O) groups excluding carboxylic acids is 2. The predicted octanol–water partition coefficient (Wildman–Crippen LogP) is 6.41. The predicted molar refractivity (Wildman–Crippen MR) is 164 cm³/mol. The van der Waals surface area contributed by atoms with E-state index in [0.29, 0.717) is 13.2 Å². The zero-order chi connectivity index (χ0) is 26.8. The Kier molecular flexibility index (Phi) is 96.8. The Labute approximate surface area is 283 Å². The largest absolute Gasteiger partial charge is 2.00 e. The molecule has 2 radical (unpaired) electrons. The number of hydrogen-bond acceptors (Lipinski definition) is 7. The Morgan fingerprint density at radius 1 is 1.09 bits per heavy atom. The van der Waals surface area contributed by atoms with Gasteiger partial charge in [0.15, 0.2) is 0 Å². The fourth-order valence-electron chi connectivity index (χ4n) is 0.952. The van der Waals surface area contributed by atoms with Crippen molar-refractivity contribution >= 4 is 102 Å². The maximum atomic E-state index is 10.8. The molecule has 0 amide bonds. The van der Waals surface area contributed by atoms with E-state index >= 15 is 0 Å². The average Bonchev–Trinajstić information content (AvgIpc) is 3.31. The summed E-state index contributed by atoms with van der Waals surface area (Å²) in [6, 6.07) is 0. The molecule has 0 aliphatic heterocycles. The van der Waals surface area contributed by atoms with Gasteiger partial charge in [-0.05, 0) is 19.4 Å².